The van der Waals surface area contributed by atoms with Gasteiger partial charge in [0.15, 0.2) is 6.61 Å². The van der Waals surface area contributed by atoms with Crippen molar-refractivity contribution in [3.63, 3.8) is 0 Å². The maximum Gasteiger partial charge on any atom is 0.262 e. The molecule has 4 nitrogen and oxygen atoms in total. The fourth-order valence-electron chi connectivity index (χ4n) is 2.23. The second kappa shape index (κ2) is 5.71. The summed E-state index contributed by atoms with van der Waals surface area (Å²) in [5, 5.41) is 3.86. The van der Waals surface area contributed by atoms with Gasteiger partial charge in [-0.3, -0.25) is 4.79 Å². The van der Waals surface area contributed by atoms with Crippen molar-refractivity contribution >= 4 is 22.5 Å². The molecule has 0 aliphatic carbocycles. The van der Waals surface area contributed by atoms with Gasteiger partial charge in [-0.2, -0.15) is 0 Å². The molecule has 0 bridgehead atoms. The number of amides is 1. The Bertz CT molecular complexity index is 777. The summed E-state index contributed by atoms with van der Waals surface area (Å²) in [4.78, 5) is 15.1. The highest BCUT2D eigenvalue weighted by atomic mass is 16.5. The summed E-state index contributed by atoms with van der Waals surface area (Å²) in [6.45, 7) is 1.98. The van der Waals surface area contributed by atoms with Crippen LogP contribution in [0.4, 0.5) is 5.69 Å². The average Bonchev–Trinajstić information content (AvgIpc) is 2.95. The number of fused-ring (bicyclic) bond motifs is 1. The highest BCUT2D eigenvalue weighted by molar-refractivity contribution is 6.01. The molecule has 2 aromatic carbocycles. The Morgan fingerprint density at radius 1 is 1.19 bits per heavy atom. The highest BCUT2D eigenvalue weighted by Crippen LogP contribution is 2.22. The Hall–Kier alpha value is -2.75. The zero-order valence-corrected chi connectivity index (χ0v) is 11.7. The van der Waals surface area contributed by atoms with Gasteiger partial charge in [-0.25, -0.2) is 0 Å². The first-order chi connectivity index (χ1) is 10.2. The summed E-state index contributed by atoms with van der Waals surface area (Å²) in [6, 6.07) is 15.3. The first-order valence-corrected chi connectivity index (χ1v) is 6.78. The first kappa shape index (κ1) is 13.2. The van der Waals surface area contributed by atoms with Gasteiger partial charge >= 0.3 is 0 Å². The molecule has 0 unspecified atom stereocenters. The molecule has 1 heterocycles. The standard InChI is InChI=1S/C17H16N2O2/c1-12-4-2-5-13(10-12)21-11-17(20)19-16-7-3-6-15-14(16)8-9-18-15/h2-10,18H,11H2,1H3,(H,19,20). The van der Waals surface area contributed by atoms with E-state index in [1.165, 1.54) is 0 Å². The van der Waals surface area contributed by atoms with E-state index < -0.39 is 0 Å². The molecule has 0 aliphatic heterocycles. The number of nitrogens with one attached hydrogen (secondary N) is 2. The van der Waals surface area contributed by atoms with Crippen molar-refractivity contribution in [2.75, 3.05) is 11.9 Å². The molecule has 0 saturated heterocycles. The third-order valence-corrected chi connectivity index (χ3v) is 3.23. The van der Waals surface area contributed by atoms with Crippen molar-refractivity contribution in [3.05, 3.63) is 60.3 Å². The molecule has 2 N–H and O–H groups in total. The van der Waals surface area contributed by atoms with Gasteiger partial charge in [0.05, 0.1) is 5.69 Å². The maximum absolute atomic E-state index is 12.0. The normalized spacial score (nSPS) is 10.5. The number of rotatable bonds is 4. The van der Waals surface area contributed by atoms with Gasteiger partial charge in [0.25, 0.3) is 5.91 Å². The SMILES string of the molecule is Cc1cccc(OCC(=O)Nc2cccc3[nH]ccc23)c1. The third-order valence-electron chi connectivity index (χ3n) is 3.23. The summed E-state index contributed by atoms with van der Waals surface area (Å²) in [6.07, 6.45) is 1.85. The van der Waals surface area contributed by atoms with E-state index in [1.807, 2.05) is 61.7 Å². The molecule has 3 rings (SSSR count). The molecule has 106 valence electrons. The van der Waals surface area contributed by atoms with Crippen LogP contribution < -0.4 is 10.1 Å². The van der Waals surface area contributed by atoms with E-state index in [0.717, 1.165) is 22.2 Å². The lowest BCUT2D eigenvalue weighted by atomic mass is 10.2. The van der Waals surface area contributed by atoms with Gasteiger partial charge in [0.2, 0.25) is 0 Å². The first-order valence-electron chi connectivity index (χ1n) is 6.78. The van der Waals surface area contributed by atoms with Gasteiger partial charge in [-0.05, 0) is 42.8 Å². The van der Waals surface area contributed by atoms with Crippen molar-refractivity contribution in [1.82, 2.24) is 4.98 Å². The molecule has 3 aromatic rings. The molecular formula is C17H16N2O2. The number of aromatic nitrogens is 1. The van der Waals surface area contributed by atoms with Crippen LogP contribution in [0.5, 0.6) is 5.75 Å². The monoisotopic (exact) mass is 280 g/mol. The minimum absolute atomic E-state index is 0.00966. The molecule has 21 heavy (non-hydrogen) atoms. The fraction of sp³-hybridized carbons (Fsp3) is 0.118. The largest absolute Gasteiger partial charge is 0.484 e. The summed E-state index contributed by atoms with van der Waals surface area (Å²) in [7, 11) is 0. The van der Waals surface area contributed by atoms with E-state index in [9.17, 15) is 4.79 Å². The molecule has 1 aromatic heterocycles. The lowest BCUT2D eigenvalue weighted by Crippen LogP contribution is -2.20. The molecule has 4 heteroatoms. The van der Waals surface area contributed by atoms with Crippen LogP contribution in [0.3, 0.4) is 0 Å². The van der Waals surface area contributed by atoms with E-state index in [-0.39, 0.29) is 12.5 Å². The Labute approximate surface area is 122 Å². The molecule has 0 aliphatic rings. The molecule has 0 fully saturated rings. The van der Waals surface area contributed by atoms with E-state index in [0.29, 0.717) is 5.75 Å². The van der Waals surface area contributed by atoms with Gasteiger partial charge < -0.3 is 15.0 Å². The van der Waals surface area contributed by atoms with E-state index in [4.69, 9.17) is 4.74 Å². The number of carbonyl (C=O) groups is 1. The Kier molecular flexibility index (Phi) is 3.60. The smallest absolute Gasteiger partial charge is 0.262 e. The maximum atomic E-state index is 12.0. The van der Waals surface area contributed by atoms with Crippen molar-refractivity contribution in [1.29, 1.82) is 0 Å². The minimum Gasteiger partial charge on any atom is -0.484 e. The zero-order valence-electron chi connectivity index (χ0n) is 11.7. The number of hydrogen-bond acceptors (Lipinski definition) is 2. The molecular weight excluding hydrogens is 264 g/mol. The van der Waals surface area contributed by atoms with Gasteiger partial charge in [0, 0.05) is 17.1 Å². The predicted molar refractivity (Wildman–Crippen MR) is 83.6 cm³/mol. The van der Waals surface area contributed by atoms with Crippen molar-refractivity contribution in [3.8, 4) is 5.75 Å². The number of carbonyl (C=O) groups excluding carboxylic acids is 1. The quantitative estimate of drug-likeness (QED) is 0.768. The Morgan fingerprint density at radius 2 is 2.05 bits per heavy atom. The van der Waals surface area contributed by atoms with Crippen LogP contribution in [0.2, 0.25) is 0 Å². The Balaban J connectivity index is 1.65. The second-order valence-electron chi connectivity index (χ2n) is 4.90. The van der Waals surface area contributed by atoms with Gasteiger partial charge in [-0.1, -0.05) is 18.2 Å². The molecule has 0 saturated carbocycles. The summed E-state index contributed by atoms with van der Waals surface area (Å²) in [5.74, 6) is 0.523. The van der Waals surface area contributed by atoms with Crippen LogP contribution >= 0.6 is 0 Å². The fourth-order valence-corrected chi connectivity index (χ4v) is 2.23. The van der Waals surface area contributed by atoms with Crippen molar-refractivity contribution in [2.45, 2.75) is 6.92 Å². The zero-order chi connectivity index (χ0) is 14.7. The van der Waals surface area contributed by atoms with Crippen LogP contribution in [0.15, 0.2) is 54.7 Å². The number of hydrogen-bond donors (Lipinski definition) is 2. The van der Waals surface area contributed by atoms with Crippen LogP contribution in [0.1, 0.15) is 5.56 Å². The Morgan fingerprint density at radius 3 is 2.90 bits per heavy atom. The summed E-state index contributed by atoms with van der Waals surface area (Å²) in [5.41, 5.74) is 2.88. The van der Waals surface area contributed by atoms with E-state index in [1.54, 1.807) is 0 Å². The third kappa shape index (κ3) is 3.05. The van der Waals surface area contributed by atoms with Gasteiger partial charge in [-0.15, -0.1) is 0 Å². The lowest BCUT2D eigenvalue weighted by molar-refractivity contribution is -0.118. The number of anilines is 1. The van der Waals surface area contributed by atoms with Crippen LogP contribution in [0.25, 0.3) is 10.9 Å². The summed E-state index contributed by atoms with van der Waals surface area (Å²) >= 11 is 0. The topological polar surface area (TPSA) is 54.1 Å². The van der Waals surface area contributed by atoms with Crippen LogP contribution in [-0.4, -0.2) is 17.5 Å². The number of benzene rings is 2. The number of H-pyrrole nitrogens is 1. The van der Waals surface area contributed by atoms with E-state index >= 15 is 0 Å². The number of aromatic amines is 1. The van der Waals surface area contributed by atoms with Crippen LogP contribution in [-0.2, 0) is 4.79 Å². The molecule has 1 amide bonds. The number of ether oxygens (including phenoxy) is 1. The minimum atomic E-state index is -0.176. The average molecular weight is 280 g/mol. The summed E-state index contributed by atoms with van der Waals surface area (Å²) < 4.78 is 5.49. The van der Waals surface area contributed by atoms with E-state index in [2.05, 4.69) is 10.3 Å². The second-order valence-corrected chi connectivity index (χ2v) is 4.90. The predicted octanol–water partition coefficient (Wildman–Crippen LogP) is 3.49. The van der Waals surface area contributed by atoms with Crippen molar-refractivity contribution in [2.24, 2.45) is 0 Å². The lowest BCUT2D eigenvalue weighted by Gasteiger charge is -2.09. The molecule has 0 radical (unpaired) electrons. The molecule has 0 spiro atoms. The van der Waals surface area contributed by atoms with Gasteiger partial charge in [0.1, 0.15) is 5.75 Å². The number of aryl methyl sites for hydroxylation is 1. The highest BCUT2D eigenvalue weighted by Gasteiger charge is 2.07. The van der Waals surface area contributed by atoms with Crippen molar-refractivity contribution < 1.29 is 9.53 Å². The molecule has 0 atom stereocenters. The van der Waals surface area contributed by atoms with Crippen LogP contribution in [0, 0.1) is 6.92 Å².